The molecule has 0 saturated carbocycles. The van der Waals surface area contributed by atoms with E-state index in [0.29, 0.717) is 17.7 Å². The molecule has 4 atom stereocenters. The average Bonchev–Trinajstić information content (AvgIpc) is 3.15. The minimum Gasteiger partial charge on any atom is -0.465 e. The van der Waals surface area contributed by atoms with Gasteiger partial charge in [-0.25, -0.2) is 9.18 Å². The van der Waals surface area contributed by atoms with Crippen LogP contribution in [0.15, 0.2) is 42.5 Å². The molecule has 1 saturated heterocycles. The Morgan fingerprint density at radius 3 is 2.00 bits per heavy atom. The molecule has 1 amide bonds. The number of hydrogen-bond donors (Lipinski definition) is 2. The molecular weight excluding hydrogens is 523 g/mol. The van der Waals surface area contributed by atoms with Gasteiger partial charge in [0.1, 0.15) is 5.82 Å². The Balaban J connectivity index is 2.04. The average molecular weight is 551 g/mol. The molecule has 38 heavy (non-hydrogen) atoms. The number of nitrogens with zero attached hydrogens (tertiary/aromatic N) is 1. The van der Waals surface area contributed by atoms with Crippen LogP contribution >= 0.6 is 0 Å². The minimum atomic E-state index is -5.04. The van der Waals surface area contributed by atoms with E-state index >= 15 is 0 Å². The van der Waals surface area contributed by atoms with Crippen molar-refractivity contribution in [2.24, 2.45) is 5.41 Å². The smallest absolute Gasteiger partial charge is 0.416 e. The third-order valence-corrected chi connectivity index (χ3v) is 6.74. The van der Waals surface area contributed by atoms with E-state index < -0.39 is 65.0 Å². The van der Waals surface area contributed by atoms with Crippen molar-refractivity contribution in [3.8, 4) is 0 Å². The second-order valence-electron chi connectivity index (χ2n) is 10.3. The molecule has 2 aromatic carbocycles. The van der Waals surface area contributed by atoms with Crippen LogP contribution in [0.5, 0.6) is 0 Å². The third-order valence-electron chi connectivity index (χ3n) is 6.74. The minimum absolute atomic E-state index is 0.0201. The van der Waals surface area contributed by atoms with Crippen molar-refractivity contribution >= 4 is 6.09 Å². The van der Waals surface area contributed by atoms with Crippen molar-refractivity contribution in [3.63, 3.8) is 0 Å². The van der Waals surface area contributed by atoms with Crippen molar-refractivity contribution in [3.05, 3.63) is 70.5 Å². The highest BCUT2D eigenvalue weighted by Gasteiger charge is 2.48. The number of amides is 1. The van der Waals surface area contributed by atoms with Crippen molar-refractivity contribution in [2.75, 3.05) is 13.2 Å². The molecule has 0 bridgehead atoms. The van der Waals surface area contributed by atoms with Crippen molar-refractivity contribution in [1.82, 2.24) is 4.90 Å². The number of alkyl halides is 6. The molecule has 210 valence electrons. The van der Waals surface area contributed by atoms with Crippen molar-refractivity contribution in [1.29, 1.82) is 0 Å². The van der Waals surface area contributed by atoms with E-state index in [2.05, 4.69) is 0 Å². The van der Waals surface area contributed by atoms with Gasteiger partial charge in [-0.3, -0.25) is 0 Å². The Bertz CT molecular complexity index is 1100. The van der Waals surface area contributed by atoms with E-state index in [4.69, 9.17) is 4.74 Å². The Kier molecular flexibility index (Phi) is 8.38. The maximum absolute atomic E-state index is 13.6. The maximum Gasteiger partial charge on any atom is 0.416 e. The second kappa shape index (κ2) is 10.7. The summed E-state index contributed by atoms with van der Waals surface area (Å²) in [6.07, 6.45) is -13.5. The van der Waals surface area contributed by atoms with Gasteiger partial charge in [0.15, 0.2) is 0 Å². The standard InChI is InChI=1S/C26H28F7NO4/c1-14(16-8-17(25(28,29)30)10-18(9-16)26(31,32)33)38-21-12-34(23(36)37)20(11-24(2,3)13-35)22(21)15-4-6-19(27)7-5-15/h4-10,14,20-22,35H,11-13H2,1-3H3,(H,36,37)/t14-,20+,21+,22+/m1/s1. The fourth-order valence-electron chi connectivity index (χ4n) is 4.78. The number of benzene rings is 2. The first kappa shape index (κ1) is 29.7. The van der Waals surface area contributed by atoms with E-state index in [1.807, 2.05) is 0 Å². The fourth-order valence-corrected chi connectivity index (χ4v) is 4.78. The lowest BCUT2D eigenvalue weighted by Gasteiger charge is -2.34. The molecule has 1 fully saturated rings. The van der Waals surface area contributed by atoms with Crippen LogP contribution < -0.4 is 0 Å². The van der Waals surface area contributed by atoms with E-state index in [9.17, 15) is 45.7 Å². The zero-order valence-electron chi connectivity index (χ0n) is 20.8. The summed E-state index contributed by atoms with van der Waals surface area (Å²) in [6.45, 7) is 4.20. The normalized spacial score (nSPS) is 21.6. The molecule has 2 N–H and O–H groups in total. The number of carbonyl (C=O) groups is 1. The van der Waals surface area contributed by atoms with Crippen LogP contribution in [-0.4, -0.2) is 46.5 Å². The van der Waals surface area contributed by atoms with Gasteiger partial charge < -0.3 is 19.8 Å². The maximum atomic E-state index is 13.6. The van der Waals surface area contributed by atoms with E-state index in [1.54, 1.807) is 13.8 Å². The molecule has 0 aliphatic carbocycles. The first-order valence-electron chi connectivity index (χ1n) is 11.7. The van der Waals surface area contributed by atoms with Gasteiger partial charge in [-0.1, -0.05) is 26.0 Å². The Hall–Kier alpha value is -2.86. The number of rotatable bonds is 7. The Labute approximate surface area is 214 Å². The molecule has 2 aromatic rings. The number of aliphatic hydroxyl groups excluding tert-OH is 1. The number of ether oxygens (including phenoxy) is 1. The number of likely N-dealkylation sites (tertiary alicyclic amines) is 1. The molecule has 12 heteroatoms. The lowest BCUT2D eigenvalue weighted by Crippen LogP contribution is -2.40. The SMILES string of the molecule is C[C@@H](O[C@H]1CN(C(=O)O)[C@@H](CC(C)(C)CO)[C@@H]1c1ccc(F)cc1)c1cc(C(F)(F)F)cc(C(F)(F)F)c1. The molecule has 1 aliphatic rings. The zero-order valence-corrected chi connectivity index (χ0v) is 20.8. The highest BCUT2D eigenvalue weighted by Crippen LogP contribution is 2.44. The molecule has 1 aliphatic heterocycles. The van der Waals surface area contributed by atoms with Crippen LogP contribution in [0, 0.1) is 11.2 Å². The molecule has 5 nitrogen and oxygen atoms in total. The van der Waals surface area contributed by atoms with Gasteiger partial charge in [0, 0.05) is 18.6 Å². The molecule has 0 aromatic heterocycles. The lowest BCUT2D eigenvalue weighted by atomic mass is 9.79. The molecule has 1 heterocycles. The van der Waals surface area contributed by atoms with E-state index in [1.165, 1.54) is 19.1 Å². The van der Waals surface area contributed by atoms with Gasteiger partial charge in [-0.15, -0.1) is 0 Å². The van der Waals surface area contributed by atoms with E-state index in [-0.39, 0.29) is 31.2 Å². The van der Waals surface area contributed by atoms with Gasteiger partial charge >= 0.3 is 18.4 Å². The van der Waals surface area contributed by atoms with Crippen LogP contribution in [0.3, 0.4) is 0 Å². The van der Waals surface area contributed by atoms with Crippen molar-refractivity contribution in [2.45, 2.75) is 63.7 Å². The van der Waals surface area contributed by atoms with Gasteiger partial charge in [0.25, 0.3) is 0 Å². The number of halogens is 7. The topological polar surface area (TPSA) is 70.0 Å². The molecule has 0 radical (unpaired) electrons. The highest BCUT2D eigenvalue weighted by molar-refractivity contribution is 5.66. The third kappa shape index (κ3) is 6.76. The molecular formula is C26H28F7NO4. The van der Waals surface area contributed by atoms with Crippen LogP contribution in [0.25, 0.3) is 0 Å². The largest absolute Gasteiger partial charge is 0.465 e. The summed E-state index contributed by atoms with van der Waals surface area (Å²) in [5.41, 5.74) is -3.63. The van der Waals surface area contributed by atoms with E-state index in [0.717, 1.165) is 17.0 Å². The first-order chi connectivity index (χ1) is 17.4. The van der Waals surface area contributed by atoms with Gasteiger partial charge in [0.2, 0.25) is 0 Å². The summed E-state index contributed by atoms with van der Waals surface area (Å²) < 4.78 is 99.9. The zero-order chi connectivity index (χ0) is 28.6. The first-order valence-corrected chi connectivity index (χ1v) is 11.7. The Morgan fingerprint density at radius 1 is 1.03 bits per heavy atom. The summed E-state index contributed by atoms with van der Waals surface area (Å²) in [6, 6.07) is 5.57. The summed E-state index contributed by atoms with van der Waals surface area (Å²) in [5.74, 6) is -1.29. The molecule has 0 spiro atoms. The summed E-state index contributed by atoms with van der Waals surface area (Å²) in [4.78, 5) is 13.2. The van der Waals surface area contributed by atoms with Crippen LogP contribution in [-0.2, 0) is 17.1 Å². The van der Waals surface area contributed by atoms with Crippen LogP contribution in [0.2, 0.25) is 0 Å². The Morgan fingerprint density at radius 2 is 1.55 bits per heavy atom. The number of carboxylic acid groups (broad SMARTS) is 1. The second-order valence-corrected chi connectivity index (χ2v) is 10.3. The summed E-state index contributed by atoms with van der Waals surface area (Å²) in [7, 11) is 0. The summed E-state index contributed by atoms with van der Waals surface area (Å²) >= 11 is 0. The van der Waals surface area contributed by atoms with Crippen molar-refractivity contribution < 1.29 is 50.5 Å². The number of aliphatic hydroxyl groups is 1. The lowest BCUT2D eigenvalue weighted by molar-refractivity contribution is -0.143. The quantitative estimate of drug-likeness (QED) is 0.369. The van der Waals surface area contributed by atoms with Crippen LogP contribution in [0.4, 0.5) is 35.5 Å². The monoisotopic (exact) mass is 551 g/mol. The highest BCUT2D eigenvalue weighted by atomic mass is 19.4. The summed E-state index contributed by atoms with van der Waals surface area (Å²) in [5, 5.41) is 19.7. The molecule has 0 unspecified atom stereocenters. The number of hydrogen-bond acceptors (Lipinski definition) is 3. The van der Waals surface area contributed by atoms with Gasteiger partial charge in [-0.2, -0.15) is 26.3 Å². The molecule has 3 rings (SSSR count). The predicted molar refractivity (Wildman–Crippen MR) is 123 cm³/mol. The van der Waals surface area contributed by atoms with Gasteiger partial charge in [-0.05, 0) is 60.2 Å². The fraction of sp³-hybridized carbons (Fsp3) is 0.500. The van der Waals surface area contributed by atoms with Gasteiger partial charge in [0.05, 0.1) is 29.9 Å². The predicted octanol–water partition coefficient (Wildman–Crippen LogP) is 6.86. The van der Waals surface area contributed by atoms with Crippen LogP contribution in [0.1, 0.15) is 61.5 Å².